The summed E-state index contributed by atoms with van der Waals surface area (Å²) in [6.07, 6.45) is 3.37. The van der Waals surface area contributed by atoms with Gasteiger partial charge in [0.25, 0.3) is 5.91 Å². The van der Waals surface area contributed by atoms with Gasteiger partial charge in [-0.25, -0.2) is 18.1 Å². The molecule has 6 nitrogen and oxygen atoms in total. The zero-order valence-corrected chi connectivity index (χ0v) is 18.8. The van der Waals surface area contributed by atoms with Gasteiger partial charge in [-0.15, -0.1) is 0 Å². The molecule has 0 fully saturated rings. The molecule has 0 saturated heterocycles. The average molecular weight is 448 g/mol. The van der Waals surface area contributed by atoms with E-state index in [1.165, 1.54) is 0 Å². The standard InChI is InChI=1S/C22H26ClN3O3S/c1-3-4-5-8-13-30(28,29)25-22(27)17-11-12-20-21(14-17)26(16(2)24-20)15-18-9-6-7-10-19(18)23/h6-7,9-12,14H,3-5,8,13,15H2,1-2H3,(H,25,27). The Labute approximate surface area is 182 Å². The van der Waals surface area contributed by atoms with Crippen LogP contribution in [0.1, 0.15) is 54.4 Å². The van der Waals surface area contributed by atoms with Crippen LogP contribution in [0.2, 0.25) is 5.02 Å². The van der Waals surface area contributed by atoms with E-state index in [0.29, 0.717) is 18.0 Å². The normalized spacial score (nSPS) is 11.7. The van der Waals surface area contributed by atoms with Gasteiger partial charge in [0.05, 0.1) is 23.3 Å². The number of imidazole rings is 1. The van der Waals surface area contributed by atoms with Crippen molar-refractivity contribution in [2.45, 2.75) is 46.1 Å². The number of aryl methyl sites for hydroxylation is 1. The molecule has 3 rings (SSSR count). The number of aromatic nitrogens is 2. The van der Waals surface area contributed by atoms with E-state index in [2.05, 4.69) is 16.6 Å². The summed E-state index contributed by atoms with van der Waals surface area (Å²) in [7, 11) is -3.66. The first-order chi connectivity index (χ1) is 14.3. The Morgan fingerprint density at radius 1 is 1.13 bits per heavy atom. The highest BCUT2D eigenvalue weighted by atomic mass is 35.5. The molecule has 0 spiro atoms. The van der Waals surface area contributed by atoms with Crippen LogP contribution in [0, 0.1) is 6.92 Å². The van der Waals surface area contributed by atoms with E-state index < -0.39 is 15.9 Å². The Hall–Kier alpha value is -2.38. The van der Waals surface area contributed by atoms with Crippen LogP contribution in [0.5, 0.6) is 0 Å². The summed E-state index contributed by atoms with van der Waals surface area (Å²) in [4.78, 5) is 17.1. The number of halogens is 1. The molecule has 8 heteroatoms. The van der Waals surface area contributed by atoms with E-state index in [0.717, 1.165) is 41.7 Å². The number of amides is 1. The van der Waals surface area contributed by atoms with Crippen molar-refractivity contribution in [1.82, 2.24) is 14.3 Å². The lowest BCUT2D eigenvalue weighted by Crippen LogP contribution is -2.32. The molecule has 0 atom stereocenters. The Bertz CT molecular complexity index is 1160. The van der Waals surface area contributed by atoms with Crippen LogP contribution in [0.4, 0.5) is 0 Å². The van der Waals surface area contributed by atoms with Gasteiger partial charge in [-0.3, -0.25) is 4.79 Å². The van der Waals surface area contributed by atoms with Crippen molar-refractivity contribution in [3.8, 4) is 0 Å². The van der Waals surface area contributed by atoms with E-state index in [1.807, 2.05) is 35.8 Å². The molecule has 0 aliphatic rings. The van der Waals surface area contributed by atoms with Crippen LogP contribution in [0.25, 0.3) is 11.0 Å². The van der Waals surface area contributed by atoms with Crippen molar-refractivity contribution in [3.63, 3.8) is 0 Å². The fourth-order valence-electron chi connectivity index (χ4n) is 3.35. The molecule has 0 saturated carbocycles. The van der Waals surface area contributed by atoms with E-state index in [9.17, 15) is 13.2 Å². The molecule has 1 N–H and O–H groups in total. The fraction of sp³-hybridized carbons (Fsp3) is 0.364. The maximum Gasteiger partial charge on any atom is 0.264 e. The number of benzene rings is 2. The number of nitrogens with zero attached hydrogens (tertiary/aromatic N) is 2. The minimum Gasteiger partial charge on any atom is -0.324 e. The minimum atomic E-state index is -3.66. The first kappa shape index (κ1) is 22.3. The maximum atomic E-state index is 12.6. The third kappa shape index (κ3) is 5.40. The number of rotatable bonds is 9. The second-order valence-corrected chi connectivity index (χ2v) is 9.60. The van der Waals surface area contributed by atoms with Crippen molar-refractivity contribution in [2.24, 2.45) is 0 Å². The van der Waals surface area contributed by atoms with Gasteiger partial charge in [-0.2, -0.15) is 0 Å². The molecule has 1 heterocycles. The third-order valence-corrected chi connectivity index (χ3v) is 6.69. The lowest BCUT2D eigenvalue weighted by molar-refractivity contribution is 0.0981. The molecule has 1 aromatic heterocycles. The predicted molar refractivity (Wildman–Crippen MR) is 120 cm³/mol. The molecule has 3 aromatic rings. The van der Waals surface area contributed by atoms with E-state index in [-0.39, 0.29) is 11.3 Å². The molecule has 160 valence electrons. The lowest BCUT2D eigenvalue weighted by Gasteiger charge is -2.10. The molecule has 0 radical (unpaired) electrons. The van der Waals surface area contributed by atoms with Crippen LogP contribution in [-0.4, -0.2) is 29.6 Å². The van der Waals surface area contributed by atoms with Gasteiger partial charge in [0.2, 0.25) is 10.0 Å². The molecule has 0 aliphatic heterocycles. The van der Waals surface area contributed by atoms with Crippen molar-refractivity contribution in [2.75, 3.05) is 5.75 Å². The van der Waals surface area contributed by atoms with E-state index >= 15 is 0 Å². The summed E-state index contributed by atoms with van der Waals surface area (Å²) >= 11 is 6.30. The smallest absolute Gasteiger partial charge is 0.264 e. The first-order valence-electron chi connectivity index (χ1n) is 10.1. The van der Waals surface area contributed by atoms with Crippen molar-refractivity contribution in [3.05, 3.63) is 64.4 Å². The van der Waals surface area contributed by atoms with Gasteiger partial charge >= 0.3 is 0 Å². The van der Waals surface area contributed by atoms with Gasteiger partial charge in [0, 0.05) is 10.6 Å². The summed E-state index contributed by atoms with van der Waals surface area (Å²) < 4.78 is 28.6. The van der Waals surface area contributed by atoms with Crippen LogP contribution in [0.3, 0.4) is 0 Å². The summed E-state index contributed by atoms with van der Waals surface area (Å²) in [5.74, 6) is 0.103. The van der Waals surface area contributed by atoms with Crippen LogP contribution >= 0.6 is 11.6 Å². The highest BCUT2D eigenvalue weighted by molar-refractivity contribution is 7.90. The number of fused-ring (bicyclic) bond motifs is 1. The average Bonchev–Trinajstić information content (AvgIpc) is 3.01. The van der Waals surface area contributed by atoms with Crippen LogP contribution < -0.4 is 4.72 Å². The van der Waals surface area contributed by atoms with Crippen molar-refractivity contribution >= 4 is 38.6 Å². The lowest BCUT2D eigenvalue weighted by atomic mass is 10.2. The SMILES string of the molecule is CCCCCCS(=O)(=O)NC(=O)c1ccc2nc(C)n(Cc3ccccc3Cl)c2c1. The Kier molecular flexibility index (Phi) is 7.15. The van der Waals surface area contributed by atoms with Gasteiger partial charge in [-0.1, -0.05) is 56.0 Å². The number of sulfonamides is 1. The summed E-state index contributed by atoms with van der Waals surface area (Å²) in [5, 5.41) is 0.654. The van der Waals surface area contributed by atoms with Gasteiger partial charge in [0.15, 0.2) is 0 Å². The monoisotopic (exact) mass is 447 g/mol. The Morgan fingerprint density at radius 2 is 1.90 bits per heavy atom. The molecule has 1 amide bonds. The number of nitrogens with one attached hydrogen (secondary N) is 1. The second kappa shape index (κ2) is 9.62. The first-order valence-corrected chi connectivity index (χ1v) is 12.1. The molecular weight excluding hydrogens is 422 g/mol. The van der Waals surface area contributed by atoms with Crippen molar-refractivity contribution < 1.29 is 13.2 Å². The third-order valence-electron chi connectivity index (χ3n) is 5.00. The Balaban J connectivity index is 1.82. The van der Waals surface area contributed by atoms with Gasteiger partial charge < -0.3 is 4.57 Å². The molecule has 0 aliphatic carbocycles. The second-order valence-electron chi connectivity index (χ2n) is 7.35. The number of hydrogen-bond donors (Lipinski definition) is 1. The quantitative estimate of drug-likeness (QED) is 0.482. The van der Waals surface area contributed by atoms with Crippen LogP contribution in [0.15, 0.2) is 42.5 Å². The highest BCUT2D eigenvalue weighted by Gasteiger charge is 2.18. The van der Waals surface area contributed by atoms with E-state index in [4.69, 9.17) is 11.6 Å². The zero-order chi connectivity index (χ0) is 21.7. The topological polar surface area (TPSA) is 81.1 Å². The molecule has 0 bridgehead atoms. The summed E-state index contributed by atoms with van der Waals surface area (Å²) in [5.41, 5.74) is 2.70. The van der Waals surface area contributed by atoms with Gasteiger partial charge in [-0.05, 0) is 43.2 Å². The number of unbranched alkanes of at least 4 members (excludes halogenated alkanes) is 3. The minimum absolute atomic E-state index is 0.0511. The number of hydrogen-bond acceptors (Lipinski definition) is 4. The van der Waals surface area contributed by atoms with Crippen molar-refractivity contribution in [1.29, 1.82) is 0 Å². The highest BCUT2D eigenvalue weighted by Crippen LogP contribution is 2.22. The molecule has 2 aromatic carbocycles. The van der Waals surface area contributed by atoms with E-state index in [1.54, 1.807) is 18.2 Å². The molecular formula is C22H26ClN3O3S. The zero-order valence-electron chi connectivity index (χ0n) is 17.2. The summed E-state index contributed by atoms with van der Waals surface area (Å²) in [6.45, 7) is 4.45. The molecule has 30 heavy (non-hydrogen) atoms. The number of carbonyl (C=O) groups is 1. The number of carbonyl (C=O) groups excluding carboxylic acids is 1. The molecule has 0 unspecified atom stereocenters. The largest absolute Gasteiger partial charge is 0.324 e. The fourth-order valence-corrected chi connectivity index (χ4v) is 4.63. The Morgan fingerprint density at radius 3 is 2.63 bits per heavy atom. The maximum absolute atomic E-state index is 12.6. The van der Waals surface area contributed by atoms with Gasteiger partial charge in [0.1, 0.15) is 5.82 Å². The summed E-state index contributed by atoms with van der Waals surface area (Å²) in [6, 6.07) is 12.6. The predicted octanol–water partition coefficient (Wildman–Crippen LogP) is 4.69. The van der Waals surface area contributed by atoms with Crippen LogP contribution in [-0.2, 0) is 16.6 Å².